The predicted octanol–water partition coefficient (Wildman–Crippen LogP) is 3.77. The monoisotopic (exact) mass is 291 g/mol. The van der Waals surface area contributed by atoms with Crippen LogP contribution in [0.2, 0.25) is 0 Å². The lowest BCUT2D eigenvalue weighted by Gasteiger charge is -2.15. The largest absolute Gasteiger partial charge is 0.465 e. The van der Waals surface area contributed by atoms with Gasteiger partial charge in [-0.05, 0) is 24.0 Å². The van der Waals surface area contributed by atoms with E-state index in [1.54, 1.807) is 6.07 Å². The number of nitriles is 1. The second-order valence-corrected chi connectivity index (χ2v) is 6.19. The van der Waals surface area contributed by atoms with Crippen LogP contribution in [0.3, 0.4) is 0 Å². The van der Waals surface area contributed by atoms with E-state index in [1.165, 1.54) is 11.8 Å². The van der Waals surface area contributed by atoms with Crippen LogP contribution in [0.4, 0.5) is 0 Å². The summed E-state index contributed by atoms with van der Waals surface area (Å²) in [5.41, 5.74) is 1.64. The molecule has 0 N–H and O–H groups in total. The Hall–Kier alpha value is -1.47. The Morgan fingerprint density at radius 3 is 2.70 bits per heavy atom. The van der Waals surface area contributed by atoms with Crippen LogP contribution in [-0.4, -0.2) is 17.8 Å². The highest BCUT2D eigenvalue weighted by molar-refractivity contribution is 7.99. The Bertz CT molecular complexity index is 480. The SMILES string of the molecule is CCC(SCc1ccccc1C#N)C(=O)OCC(C)C. The molecule has 0 aromatic heterocycles. The second-order valence-electron chi connectivity index (χ2n) is 5.00. The van der Waals surface area contributed by atoms with Crippen LogP contribution in [0.1, 0.15) is 38.3 Å². The van der Waals surface area contributed by atoms with Gasteiger partial charge in [0.2, 0.25) is 0 Å². The molecule has 0 amide bonds. The van der Waals surface area contributed by atoms with Crippen molar-refractivity contribution in [1.29, 1.82) is 5.26 Å². The van der Waals surface area contributed by atoms with E-state index >= 15 is 0 Å². The Morgan fingerprint density at radius 2 is 2.10 bits per heavy atom. The lowest BCUT2D eigenvalue weighted by atomic mass is 10.1. The second kappa shape index (κ2) is 8.65. The molecule has 0 saturated carbocycles. The molecule has 0 radical (unpaired) electrons. The summed E-state index contributed by atoms with van der Waals surface area (Å²) in [6, 6.07) is 9.66. The van der Waals surface area contributed by atoms with Gasteiger partial charge in [0.15, 0.2) is 0 Å². The van der Waals surface area contributed by atoms with E-state index in [0.29, 0.717) is 23.8 Å². The lowest BCUT2D eigenvalue weighted by molar-refractivity contribution is -0.144. The van der Waals surface area contributed by atoms with Gasteiger partial charge in [-0.2, -0.15) is 5.26 Å². The lowest BCUT2D eigenvalue weighted by Crippen LogP contribution is -2.21. The summed E-state index contributed by atoms with van der Waals surface area (Å²) >= 11 is 1.54. The number of nitrogens with zero attached hydrogens (tertiary/aromatic N) is 1. The first-order valence-electron chi connectivity index (χ1n) is 6.84. The minimum Gasteiger partial charge on any atom is -0.465 e. The van der Waals surface area contributed by atoms with Gasteiger partial charge in [0.1, 0.15) is 5.25 Å². The third-order valence-corrected chi connectivity index (χ3v) is 4.18. The van der Waals surface area contributed by atoms with Gasteiger partial charge in [0.05, 0.1) is 18.2 Å². The zero-order valence-corrected chi connectivity index (χ0v) is 13.1. The Balaban J connectivity index is 2.57. The first-order chi connectivity index (χ1) is 9.58. The average molecular weight is 291 g/mol. The normalized spacial score (nSPS) is 11.9. The maximum atomic E-state index is 11.9. The molecule has 0 spiro atoms. The van der Waals surface area contributed by atoms with Gasteiger partial charge in [-0.1, -0.05) is 39.0 Å². The van der Waals surface area contributed by atoms with E-state index in [1.807, 2.05) is 39.0 Å². The fourth-order valence-corrected chi connectivity index (χ4v) is 2.71. The summed E-state index contributed by atoms with van der Waals surface area (Å²) in [7, 11) is 0. The van der Waals surface area contributed by atoms with Crippen molar-refractivity contribution in [2.24, 2.45) is 5.92 Å². The van der Waals surface area contributed by atoms with E-state index in [2.05, 4.69) is 6.07 Å². The molecule has 0 heterocycles. The molecule has 1 atom stereocenters. The standard InChI is InChI=1S/C16H21NO2S/c1-4-15(16(18)19-10-12(2)3)20-11-14-8-6-5-7-13(14)9-17/h5-8,12,15H,4,10-11H2,1-3H3. The van der Waals surface area contributed by atoms with E-state index in [0.717, 1.165) is 12.0 Å². The molecule has 0 saturated heterocycles. The molecule has 0 aliphatic heterocycles. The summed E-state index contributed by atoms with van der Waals surface area (Å²) in [5, 5.41) is 8.88. The van der Waals surface area contributed by atoms with Gasteiger partial charge in [-0.15, -0.1) is 11.8 Å². The van der Waals surface area contributed by atoms with E-state index in [9.17, 15) is 4.79 Å². The zero-order chi connectivity index (χ0) is 15.0. The molecule has 1 aromatic rings. The fourth-order valence-electron chi connectivity index (χ4n) is 1.64. The molecular weight excluding hydrogens is 270 g/mol. The molecule has 0 bridgehead atoms. The number of thioether (sulfide) groups is 1. The highest BCUT2D eigenvalue weighted by atomic mass is 32.2. The smallest absolute Gasteiger partial charge is 0.319 e. The molecule has 1 rings (SSSR count). The topological polar surface area (TPSA) is 50.1 Å². The summed E-state index contributed by atoms with van der Waals surface area (Å²) < 4.78 is 5.28. The number of benzene rings is 1. The third-order valence-electron chi connectivity index (χ3n) is 2.77. The van der Waals surface area contributed by atoms with E-state index in [-0.39, 0.29) is 11.2 Å². The van der Waals surface area contributed by atoms with Gasteiger partial charge in [-0.25, -0.2) is 0 Å². The molecule has 1 unspecified atom stereocenters. The third kappa shape index (κ3) is 5.26. The molecule has 1 aromatic carbocycles. The quantitative estimate of drug-likeness (QED) is 0.718. The van der Waals surface area contributed by atoms with Crippen molar-refractivity contribution in [3.05, 3.63) is 35.4 Å². The minimum atomic E-state index is -0.166. The Morgan fingerprint density at radius 1 is 1.40 bits per heavy atom. The van der Waals surface area contributed by atoms with Crippen LogP contribution in [0.15, 0.2) is 24.3 Å². The summed E-state index contributed by atoms with van der Waals surface area (Å²) in [6.45, 7) is 6.48. The highest BCUT2D eigenvalue weighted by Gasteiger charge is 2.19. The van der Waals surface area contributed by atoms with Crippen molar-refractivity contribution in [3.63, 3.8) is 0 Å². The van der Waals surface area contributed by atoms with Crippen molar-refractivity contribution in [3.8, 4) is 6.07 Å². The summed E-state index contributed by atoms with van der Waals surface area (Å²) in [5.74, 6) is 0.848. The maximum absolute atomic E-state index is 11.9. The molecule has 4 heteroatoms. The molecule has 20 heavy (non-hydrogen) atoms. The van der Waals surface area contributed by atoms with Gasteiger partial charge >= 0.3 is 5.97 Å². The minimum absolute atomic E-state index is 0.152. The van der Waals surface area contributed by atoms with Crippen LogP contribution in [0.25, 0.3) is 0 Å². The Labute approximate surface area is 125 Å². The molecule has 108 valence electrons. The van der Waals surface area contributed by atoms with Gasteiger partial charge in [-0.3, -0.25) is 4.79 Å². The van der Waals surface area contributed by atoms with Crippen LogP contribution in [0, 0.1) is 17.2 Å². The van der Waals surface area contributed by atoms with Gasteiger partial charge in [0, 0.05) is 5.75 Å². The molecule has 0 fully saturated rings. The fraction of sp³-hybridized carbons (Fsp3) is 0.500. The van der Waals surface area contributed by atoms with Crippen molar-refractivity contribution >= 4 is 17.7 Å². The van der Waals surface area contributed by atoms with Crippen LogP contribution in [0.5, 0.6) is 0 Å². The number of ether oxygens (including phenoxy) is 1. The number of carbonyl (C=O) groups excluding carboxylic acids is 1. The van der Waals surface area contributed by atoms with E-state index in [4.69, 9.17) is 10.00 Å². The maximum Gasteiger partial charge on any atom is 0.319 e. The average Bonchev–Trinajstić information content (AvgIpc) is 2.46. The molecular formula is C16H21NO2S. The molecule has 0 aliphatic rings. The molecule has 0 aliphatic carbocycles. The summed E-state index contributed by atoms with van der Waals surface area (Å²) in [6.07, 6.45) is 0.732. The Kier molecular flexibility index (Phi) is 7.17. The number of hydrogen-bond acceptors (Lipinski definition) is 4. The molecule has 3 nitrogen and oxygen atoms in total. The summed E-state index contributed by atoms with van der Waals surface area (Å²) in [4.78, 5) is 11.9. The zero-order valence-electron chi connectivity index (χ0n) is 12.3. The number of carbonyl (C=O) groups is 1. The highest BCUT2D eigenvalue weighted by Crippen LogP contribution is 2.23. The van der Waals surface area contributed by atoms with Gasteiger partial charge in [0.25, 0.3) is 0 Å². The first-order valence-corrected chi connectivity index (χ1v) is 7.89. The van der Waals surface area contributed by atoms with Crippen molar-refractivity contribution in [1.82, 2.24) is 0 Å². The van der Waals surface area contributed by atoms with Crippen LogP contribution in [-0.2, 0) is 15.3 Å². The van der Waals surface area contributed by atoms with Gasteiger partial charge < -0.3 is 4.74 Å². The number of rotatable bonds is 7. The van der Waals surface area contributed by atoms with Crippen LogP contribution >= 0.6 is 11.8 Å². The predicted molar refractivity (Wildman–Crippen MR) is 82.3 cm³/mol. The number of hydrogen-bond donors (Lipinski definition) is 0. The first kappa shape index (κ1) is 16.6. The van der Waals surface area contributed by atoms with Crippen molar-refractivity contribution in [2.75, 3.05) is 6.61 Å². The van der Waals surface area contributed by atoms with Crippen LogP contribution < -0.4 is 0 Å². The van der Waals surface area contributed by atoms with Crippen molar-refractivity contribution < 1.29 is 9.53 Å². The van der Waals surface area contributed by atoms with E-state index < -0.39 is 0 Å². The van der Waals surface area contributed by atoms with Crippen molar-refractivity contribution in [2.45, 2.75) is 38.2 Å². The number of esters is 1.